The minimum atomic E-state index is -10.7. The molecule has 0 N–H and O–H groups in total. The molecule has 0 saturated heterocycles. The Labute approximate surface area is 109 Å². The van der Waals surface area contributed by atoms with Gasteiger partial charge in [0.2, 0.25) is 0 Å². The van der Waals surface area contributed by atoms with E-state index in [0.717, 1.165) is 24.1 Å². The van der Waals surface area contributed by atoms with Gasteiger partial charge in [0.05, 0.1) is 38.2 Å². The van der Waals surface area contributed by atoms with Crippen LogP contribution in [-0.4, -0.2) is 30.2 Å². The van der Waals surface area contributed by atoms with E-state index in [1.807, 2.05) is 0 Å². The summed E-state index contributed by atoms with van der Waals surface area (Å²) in [7, 11) is -10.7. The number of quaternary nitrogens is 1. The summed E-state index contributed by atoms with van der Waals surface area (Å²) in [6.07, 6.45) is 0.676. The molecule has 0 bridgehead atoms. The van der Waals surface area contributed by atoms with Crippen LogP contribution in [0.3, 0.4) is 0 Å². The molecule has 19 heavy (non-hydrogen) atoms. The van der Waals surface area contributed by atoms with E-state index < -0.39 is 7.81 Å². The van der Waals surface area contributed by atoms with Crippen LogP contribution >= 0.6 is 7.81 Å². The summed E-state index contributed by atoms with van der Waals surface area (Å²) in [5.41, 5.74) is 0. The zero-order chi connectivity index (χ0) is 16.0. The Balaban J connectivity index is 0. The molecule has 0 aliphatic heterocycles. The third kappa shape index (κ3) is 13.7. The summed E-state index contributed by atoms with van der Waals surface area (Å²) < 4.78 is 60.3. The van der Waals surface area contributed by atoms with Crippen molar-refractivity contribution in [3.05, 3.63) is 0 Å². The predicted molar refractivity (Wildman–Crippen MR) is 65.1 cm³/mol. The second-order valence-electron chi connectivity index (χ2n) is 4.34. The summed E-state index contributed by atoms with van der Waals surface area (Å²) in [5, 5.41) is 8.63. The normalized spacial score (nSPS) is 17.3. The van der Waals surface area contributed by atoms with Crippen molar-refractivity contribution in [1.82, 2.24) is 0 Å². The third-order valence-corrected chi connectivity index (χ3v) is 3.21. The zero-order valence-corrected chi connectivity index (χ0v) is 12.4. The summed E-state index contributed by atoms with van der Waals surface area (Å²) in [6, 6.07) is 2.74. The predicted octanol–water partition coefficient (Wildman–Crippen LogP) is 5.55. The maximum atomic E-state index is 9.87. The molecule has 0 heterocycles. The van der Waals surface area contributed by atoms with E-state index in [4.69, 9.17) is 5.26 Å². The van der Waals surface area contributed by atoms with E-state index >= 15 is 0 Å². The van der Waals surface area contributed by atoms with Crippen molar-refractivity contribution >= 4 is 7.81 Å². The molecule has 0 radical (unpaired) electrons. The van der Waals surface area contributed by atoms with Gasteiger partial charge in [0, 0.05) is 0 Å². The number of rotatable bonds is 5. The number of nitriles is 1. The van der Waals surface area contributed by atoms with Crippen LogP contribution < -0.4 is 0 Å². The van der Waals surface area contributed by atoms with Crippen molar-refractivity contribution in [2.24, 2.45) is 0 Å². The van der Waals surface area contributed by atoms with E-state index in [0.29, 0.717) is 12.5 Å². The molecular formula is C10H21F6N2P. The summed E-state index contributed by atoms with van der Waals surface area (Å²) in [4.78, 5) is 0. The number of nitrogens with zero attached hydrogens (tertiary/aromatic N) is 2. The van der Waals surface area contributed by atoms with Crippen LogP contribution in [0.15, 0.2) is 0 Å². The van der Waals surface area contributed by atoms with E-state index in [9.17, 15) is 25.2 Å². The van der Waals surface area contributed by atoms with Gasteiger partial charge < -0.3 is 4.48 Å². The number of hydrogen-bond acceptors (Lipinski definition) is 1. The Morgan fingerprint density at radius 2 is 1.21 bits per heavy atom. The second-order valence-corrected chi connectivity index (χ2v) is 6.25. The fraction of sp³-hybridized carbons (Fsp3) is 0.900. The molecule has 9 heteroatoms. The van der Waals surface area contributed by atoms with Crippen LogP contribution in [0.5, 0.6) is 0 Å². The molecule has 0 aliphatic rings. The molecule has 0 aliphatic carbocycles. The van der Waals surface area contributed by atoms with Gasteiger partial charge in [0.1, 0.15) is 0 Å². The van der Waals surface area contributed by atoms with E-state index in [-0.39, 0.29) is 0 Å². The van der Waals surface area contributed by atoms with E-state index in [2.05, 4.69) is 33.8 Å². The number of halogens is 6. The van der Waals surface area contributed by atoms with Gasteiger partial charge in [0.25, 0.3) is 0 Å². The fourth-order valence-corrected chi connectivity index (χ4v) is 1.93. The Morgan fingerprint density at radius 1 is 0.947 bits per heavy atom. The van der Waals surface area contributed by atoms with Crippen molar-refractivity contribution in [3.8, 4) is 6.07 Å². The summed E-state index contributed by atoms with van der Waals surface area (Å²) in [5.74, 6) is 0. The average Bonchev–Trinajstić information content (AvgIpc) is 2.17. The SMILES string of the molecule is CC[N+](CC)(CC)C(C)CC#N.F[P-](F)(F)(F)(F)F. The fourth-order valence-electron chi connectivity index (χ4n) is 1.93. The third-order valence-electron chi connectivity index (χ3n) is 3.21. The van der Waals surface area contributed by atoms with Crippen LogP contribution in [-0.2, 0) is 0 Å². The van der Waals surface area contributed by atoms with E-state index in [1.165, 1.54) is 0 Å². The van der Waals surface area contributed by atoms with Crippen molar-refractivity contribution in [2.75, 3.05) is 19.6 Å². The van der Waals surface area contributed by atoms with Crippen LogP contribution in [0.1, 0.15) is 34.1 Å². The first-order valence-electron chi connectivity index (χ1n) is 5.91. The Hall–Kier alpha value is -0.540. The first-order valence-corrected chi connectivity index (χ1v) is 7.93. The first kappa shape index (κ1) is 20.8. The van der Waals surface area contributed by atoms with E-state index in [1.54, 1.807) is 0 Å². The molecule has 0 rings (SSSR count). The molecule has 0 aromatic rings. The molecule has 2 nitrogen and oxygen atoms in total. The molecular weight excluding hydrogens is 293 g/mol. The average molecular weight is 314 g/mol. The molecule has 118 valence electrons. The van der Waals surface area contributed by atoms with Crippen LogP contribution in [0.4, 0.5) is 25.2 Å². The molecule has 0 fully saturated rings. The Bertz CT molecular complexity index is 294. The van der Waals surface area contributed by atoms with Gasteiger partial charge in [-0.15, -0.1) is 0 Å². The molecule has 0 aromatic heterocycles. The van der Waals surface area contributed by atoms with Gasteiger partial charge in [-0.2, -0.15) is 5.26 Å². The van der Waals surface area contributed by atoms with Crippen molar-refractivity contribution < 1.29 is 29.7 Å². The quantitative estimate of drug-likeness (QED) is 0.371. The molecule has 1 atom stereocenters. The van der Waals surface area contributed by atoms with Gasteiger partial charge >= 0.3 is 33.0 Å². The van der Waals surface area contributed by atoms with Crippen molar-refractivity contribution in [3.63, 3.8) is 0 Å². The molecule has 1 unspecified atom stereocenters. The monoisotopic (exact) mass is 314 g/mol. The summed E-state index contributed by atoms with van der Waals surface area (Å²) in [6.45, 7) is 12.2. The molecule has 0 spiro atoms. The molecule has 0 saturated carbocycles. The van der Waals surface area contributed by atoms with Gasteiger partial charge in [-0.25, -0.2) is 0 Å². The Kier molecular flexibility index (Phi) is 6.38. The number of hydrogen-bond donors (Lipinski definition) is 0. The minimum absolute atomic E-state index is 0.481. The molecule has 0 amide bonds. The van der Waals surface area contributed by atoms with Crippen LogP contribution in [0.2, 0.25) is 0 Å². The van der Waals surface area contributed by atoms with Crippen molar-refractivity contribution in [2.45, 2.75) is 40.2 Å². The Morgan fingerprint density at radius 3 is 1.37 bits per heavy atom. The second kappa shape index (κ2) is 5.84. The maximum absolute atomic E-state index is 10.7. The first-order chi connectivity index (χ1) is 8.11. The van der Waals surface area contributed by atoms with Gasteiger partial charge in [0.15, 0.2) is 0 Å². The topological polar surface area (TPSA) is 23.8 Å². The molecule has 0 aromatic carbocycles. The zero-order valence-electron chi connectivity index (χ0n) is 11.5. The standard InChI is InChI=1S/C10H21N2.F6P/c1-5-12(6-2,7-3)10(4)8-9-11;1-7(2,3,4,5)6/h10H,5-8H2,1-4H3;/q+1;-1. The van der Waals surface area contributed by atoms with Gasteiger partial charge in [-0.3, -0.25) is 0 Å². The van der Waals surface area contributed by atoms with Crippen LogP contribution in [0.25, 0.3) is 0 Å². The van der Waals surface area contributed by atoms with Gasteiger partial charge in [-0.05, 0) is 27.7 Å². The van der Waals surface area contributed by atoms with Crippen LogP contribution in [0, 0.1) is 11.3 Å². The van der Waals surface area contributed by atoms with Crippen molar-refractivity contribution in [1.29, 1.82) is 5.26 Å². The van der Waals surface area contributed by atoms with Gasteiger partial charge in [-0.1, -0.05) is 0 Å². The summed E-state index contributed by atoms with van der Waals surface area (Å²) >= 11 is 0.